The molecule has 0 radical (unpaired) electrons. The Balaban J connectivity index is 1.93. The highest BCUT2D eigenvalue weighted by Gasteiger charge is 2.29. The van der Waals surface area contributed by atoms with E-state index in [1.165, 1.54) is 17.6 Å². The predicted molar refractivity (Wildman–Crippen MR) is 79.9 cm³/mol. The van der Waals surface area contributed by atoms with Gasteiger partial charge in [-0.1, -0.05) is 0 Å². The molecule has 1 aromatic rings. The molecule has 0 aliphatic heterocycles. The van der Waals surface area contributed by atoms with E-state index in [9.17, 15) is 13.2 Å². The van der Waals surface area contributed by atoms with Gasteiger partial charge in [-0.25, -0.2) is 13.4 Å². The number of carbonyl (C=O) groups excluding carboxylic acids is 1. The van der Waals surface area contributed by atoms with Crippen LogP contribution in [0.3, 0.4) is 0 Å². The summed E-state index contributed by atoms with van der Waals surface area (Å²) in [4.78, 5) is 17.3. The van der Waals surface area contributed by atoms with Gasteiger partial charge in [-0.15, -0.1) is 11.3 Å². The standard InChI is InChI=1S/C13H20N2O3S2/c1-8-12(14-9(2)19-8)13(16)15-10-4-6-11(7-5-10)20(3,17)18/h10-11H,4-7H2,1-3H3,(H,15,16). The maximum absolute atomic E-state index is 12.1. The van der Waals surface area contributed by atoms with Crippen molar-refractivity contribution in [1.29, 1.82) is 0 Å². The van der Waals surface area contributed by atoms with Crippen LogP contribution >= 0.6 is 11.3 Å². The van der Waals surface area contributed by atoms with Gasteiger partial charge in [-0.3, -0.25) is 4.79 Å². The number of aryl methyl sites for hydroxylation is 2. The van der Waals surface area contributed by atoms with Gasteiger partial charge >= 0.3 is 0 Å². The number of rotatable bonds is 3. The second-order valence-electron chi connectivity index (χ2n) is 5.41. The molecule has 5 nitrogen and oxygen atoms in total. The Bertz CT molecular complexity index is 599. The third kappa shape index (κ3) is 3.58. The topological polar surface area (TPSA) is 76.1 Å². The predicted octanol–water partition coefficient (Wildman–Crippen LogP) is 1.85. The number of carbonyl (C=O) groups is 1. The molecule has 20 heavy (non-hydrogen) atoms. The van der Waals surface area contributed by atoms with Crippen LogP contribution in [0.1, 0.15) is 46.1 Å². The Kier molecular flexibility index (Phi) is 4.49. The van der Waals surface area contributed by atoms with Crippen molar-refractivity contribution in [1.82, 2.24) is 10.3 Å². The van der Waals surface area contributed by atoms with Gasteiger partial charge < -0.3 is 5.32 Å². The summed E-state index contributed by atoms with van der Waals surface area (Å²) in [6.45, 7) is 3.77. The van der Waals surface area contributed by atoms with E-state index in [2.05, 4.69) is 10.3 Å². The first-order valence-electron chi connectivity index (χ1n) is 6.71. The number of aromatic nitrogens is 1. The summed E-state index contributed by atoms with van der Waals surface area (Å²) in [6, 6.07) is 0.0573. The minimum absolute atomic E-state index is 0.0573. The highest BCUT2D eigenvalue weighted by Crippen LogP contribution is 2.24. The molecule has 1 heterocycles. The Morgan fingerprint density at radius 2 is 1.85 bits per heavy atom. The molecule has 0 bridgehead atoms. The van der Waals surface area contributed by atoms with E-state index in [1.807, 2.05) is 13.8 Å². The normalized spacial score (nSPS) is 23.6. The summed E-state index contributed by atoms with van der Waals surface area (Å²) in [6.07, 6.45) is 3.97. The number of thiazole rings is 1. The summed E-state index contributed by atoms with van der Waals surface area (Å²) < 4.78 is 23.0. The molecule has 1 N–H and O–H groups in total. The molecule has 7 heteroatoms. The van der Waals surface area contributed by atoms with Crippen molar-refractivity contribution < 1.29 is 13.2 Å². The first kappa shape index (κ1) is 15.4. The van der Waals surface area contributed by atoms with Gasteiger partial charge in [0.1, 0.15) is 15.5 Å². The summed E-state index contributed by atoms with van der Waals surface area (Å²) in [5.41, 5.74) is 0.498. The molecule has 1 aromatic heterocycles. The van der Waals surface area contributed by atoms with Crippen molar-refractivity contribution >= 4 is 27.1 Å². The van der Waals surface area contributed by atoms with Crippen molar-refractivity contribution in [3.05, 3.63) is 15.6 Å². The fourth-order valence-corrected chi connectivity index (χ4v) is 4.57. The van der Waals surface area contributed by atoms with Crippen molar-refractivity contribution in [3.8, 4) is 0 Å². The summed E-state index contributed by atoms with van der Waals surface area (Å²) >= 11 is 1.51. The van der Waals surface area contributed by atoms with Gasteiger partial charge in [0.05, 0.1) is 10.3 Å². The molecule has 0 unspecified atom stereocenters. The third-order valence-electron chi connectivity index (χ3n) is 3.73. The number of sulfone groups is 1. The maximum atomic E-state index is 12.1. The van der Waals surface area contributed by atoms with Crippen LogP contribution in [0.5, 0.6) is 0 Å². The minimum Gasteiger partial charge on any atom is -0.348 e. The van der Waals surface area contributed by atoms with Crippen LogP contribution in [0.2, 0.25) is 0 Å². The monoisotopic (exact) mass is 316 g/mol. The smallest absolute Gasteiger partial charge is 0.271 e. The van der Waals surface area contributed by atoms with Crippen LogP contribution in [-0.2, 0) is 9.84 Å². The molecule has 1 aliphatic rings. The lowest BCUT2D eigenvalue weighted by Gasteiger charge is -2.27. The van der Waals surface area contributed by atoms with Crippen molar-refractivity contribution in [2.75, 3.05) is 6.26 Å². The zero-order chi connectivity index (χ0) is 14.9. The summed E-state index contributed by atoms with van der Waals surface area (Å²) in [5.74, 6) is -0.144. The molecule has 2 rings (SSSR count). The Morgan fingerprint density at radius 3 is 2.30 bits per heavy atom. The number of amides is 1. The zero-order valence-corrected chi connectivity index (χ0v) is 13.6. The molecule has 0 atom stereocenters. The second kappa shape index (κ2) is 5.81. The van der Waals surface area contributed by atoms with Crippen LogP contribution in [0.15, 0.2) is 0 Å². The lowest BCUT2D eigenvalue weighted by molar-refractivity contribution is 0.0923. The average Bonchev–Trinajstić information content (AvgIpc) is 2.68. The van der Waals surface area contributed by atoms with Gasteiger partial charge in [0.15, 0.2) is 0 Å². The highest BCUT2D eigenvalue weighted by atomic mass is 32.2. The van der Waals surface area contributed by atoms with E-state index in [0.717, 1.165) is 9.88 Å². The van der Waals surface area contributed by atoms with Gasteiger partial charge in [0, 0.05) is 17.2 Å². The van der Waals surface area contributed by atoms with Crippen LogP contribution in [0, 0.1) is 13.8 Å². The number of nitrogens with one attached hydrogen (secondary N) is 1. The molecule has 0 spiro atoms. The minimum atomic E-state index is -2.96. The van der Waals surface area contributed by atoms with Gasteiger partial charge in [0.25, 0.3) is 5.91 Å². The molecular formula is C13H20N2O3S2. The molecule has 0 aromatic carbocycles. The molecular weight excluding hydrogens is 296 g/mol. The van der Waals surface area contributed by atoms with E-state index in [-0.39, 0.29) is 17.2 Å². The van der Waals surface area contributed by atoms with Crippen molar-refractivity contribution in [3.63, 3.8) is 0 Å². The van der Waals surface area contributed by atoms with Crippen LogP contribution < -0.4 is 5.32 Å². The van der Waals surface area contributed by atoms with E-state index < -0.39 is 9.84 Å². The van der Waals surface area contributed by atoms with Crippen LogP contribution in [0.4, 0.5) is 0 Å². The first-order chi connectivity index (χ1) is 9.27. The highest BCUT2D eigenvalue weighted by molar-refractivity contribution is 7.91. The SMILES string of the molecule is Cc1nc(C(=O)NC2CCC(S(C)(=O)=O)CC2)c(C)s1. The molecule has 1 amide bonds. The van der Waals surface area contributed by atoms with E-state index in [4.69, 9.17) is 0 Å². The fourth-order valence-electron chi connectivity index (χ4n) is 2.63. The quantitative estimate of drug-likeness (QED) is 0.923. The fraction of sp³-hybridized carbons (Fsp3) is 0.692. The Morgan fingerprint density at radius 1 is 1.25 bits per heavy atom. The molecule has 1 saturated carbocycles. The molecule has 112 valence electrons. The number of nitrogens with zero attached hydrogens (tertiary/aromatic N) is 1. The average molecular weight is 316 g/mol. The zero-order valence-electron chi connectivity index (χ0n) is 12.0. The third-order valence-corrected chi connectivity index (χ3v) is 6.30. The molecule has 1 aliphatic carbocycles. The molecule has 0 saturated heterocycles. The Labute approximate surface area is 123 Å². The summed E-state index contributed by atoms with van der Waals surface area (Å²) in [5, 5.41) is 3.60. The van der Waals surface area contributed by atoms with Crippen molar-refractivity contribution in [2.45, 2.75) is 50.8 Å². The Hall–Kier alpha value is -0.950. The lowest BCUT2D eigenvalue weighted by Crippen LogP contribution is -2.40. The lowest BCUT2D eigenvalue weighted by atomic mass is 9.95. The van der Waals surface area contributed by atoms with E-state index in [0.29, 0.717) is 31.4 Å². The maximum Gasteiger partial charge on any atom is 0.271 e. The van der Waals surface area contributed by atoms with E-state index >= 15 is 0 Å². The van der Waals surface area contributed by atoms with Gasteiger partial charge in [0.2, 0.25) is 0 Å². The van der Waals surface area contributed by atoms with Gasteiger partial charge in [-0.05, 0) is 39.5 Å². The largest absolute Gasteiger partial charge is 0.348 e. The molecule has 1 fully saturated rings. The number of hydrogen-bond donors (Lipinski definition) is 1. The van der Waals surface area contributed by atoms with E-state index in [1.54, 1.807) is 0 Å². The first-order valence-corrected chi connectivity index (χ1v) is 9.48. The van der Waals surface area contributed by atoms with Crippen LogP contribution in [-0.4, -0.2) is 36.9 Å². The van der Waals surface area contributed by atoms with Crippen LogP contribution in [0.25, 0.3) is 0 Å². The summed E-state index contributed by atoms with van der Waals surface area (Å²) in [7, 11) is -2.96. The second-order valence-corrected chi connectivity index (χ2v) is 9.15. The van der Waals surface area contributed by atoms with Gasteiger partial charge in [-0.2, -0.15) is 0 Å². The van der Waals surface area contributed by atoms with Crippen molar-refractivity contribution in [2.24, 2.45) is 0 Å². The number of hydrogen-bond acceptors (Lipinski definition) is 5.